The molecule has 0 spiro atoms. The van der Waals surface area contributed by atoms with Crippen LogP contribution in [0.5, 0.6) is 0 Å². The van der Waals surface area contributed by atoms with E-state index in [0.29, 0.717) is 12.8 Å². The number of aliphatic hydroxyl groups excluding tert-OH is 1. The molecule has 0 aliphatic carbocycles. The highest BCUT2D eigenvalue weighted by Crippen LogP contribution is 2.15. The Morgan fingerprint density at radius 3 is 1.17 bits per heavy atom. The van der Waals surface area contributed by atoms with Gasteiger partial charge in [0.1, 0.15) is 6.61 Å². The van der Waals surface area contributed by atoms with Gasteiger partial charge < -0.3 is 14.6 Å². The standard InChI is InChI=1S/C49H84O5/c1-3-5-7-9-11-13-15-17-19-21-23-24-26-27-29-31-33-35-37-39-41-43-48(51)53-46-47(45-50)54-49(52)44-42-40-38-36-34-32-30-28-25-22-20-18-16-14-12-10-8-6-4-2/h6,8,12,14,18,20,25,28,32,34,38,40,47,50H,3-5,7,9-11,13,15-17,19,21-24,26-27,29-31,33,35-37,39,41-46H2,1-2H3/t47-/m0/s1. The molecule has 0 aliphatic heterocycles. The average molecular weight is 753 g/mol. The van der Waals surface area contributed by atoms with E-state index in [1.165, 1.54) is 116 Å². The Labute approximate surface area is 333 Å². The lowest BCUT2D eigenvalue weighted by Crippen LogP contribution is -2.28. The van der Waals surface area contributed by atoms with E-state index in [1.807, 2.05) is 12.2 Å². The number of aliphatic hydroxyl groups is 1. The zero-order valence-corrected chi connectivity index (χ0v) is 35.2. The topological polar surface area (TPSA) is 72.8 Å². The summed E-state index contributed by atoms with van der Waals surface area (Å²) in [6.07, 6.45) is 59.9. The molecule has 0 unspecified atom stereocenters. The fourth-order valence-corrected chi connectivity index (χ4v) is 6.17. The molecule has 1 atom stereocenters. The lowest BCUT2D eigenvalue weighted by Gasteiger charge is -2.15. The molecule has 5 heteroatoms. The molecule has 0 radical (unpaired) electrons. The molecule has 0 aromatic carbocycles. The van der Waals surface area contributed by atoms with Gasteiger partial charge in [0.2, 0.25) is 0 Å². The smallest absolute Gasteiger partial charge is 0.306 e. The first-order valence-electron chi connectivity index (χ1n) is 22.5. The van der Waals surface area contributed by atoms with Crippen molar-refractivity contribution in [3.8, 4) is 0 Å². The number of allylic oxidation sites excluding steroid dienone is 12. The predicted molar refractivity (Wildman–Crippen MR) is 233 cm³/mol. The zero-order chi connectivity index (χ0) is 39.3. The molecule has 310 valence electrons. The van der Waals surface area contributed by atoms with E-state index in [4.69, 9.17) is 9.47 Å². The first-order chi connectivity index (χ1) is 26.6. The quantitative estimate of drug-likeness (QED) is 0.0383. The van der Waals surface area contributed by atoms with Crippen LogP contribution in [0.25, 0.3) is 0 Å². The molecule has 0 aliphatic rings. The minimum absolute atomic E-state index is 0.0970. The number of carbonyl (C=O) groups is 2. The molecule has 0 aromatic rings. The largest absolute Gasteiger partial charge is 0.462 e. The van der Waals surface area contributed by atoms with E-state index < -0.39 is 12.1 Å². The summed E-state index contributed by atoms with van der Waals surface area (Å²) in [5.41, 5.74) is 0. The lowest BCUT2D eigenvalue weighted by molar-refractivity contribution is -0.161. The Kier molecular flexibility index (Phi) is 42.5. The zero-order valence-electron chi connectivity index (χ0n) is 35.2. The predicted octanol–water partition coefficient (Wildman–Crippen LogP) is 14.5. The summed E-state index contributed by atoms with van der Waals surface area (Å²) >= 11 is 0. The Balaban J connectivity index is 3.62. The molecule has 1 N–H and O–H groups in total. The number of hydrogen-bond donors (Lipinski definition) is 1. The van der Waals surface area contributed by atoms with Gasteiger partial charge in [-0.05, 0) is 51.4 Å². The summed E-state index contributed by atoms with van der Waals surface area (Å²) in [5, 5.41) is 9.58. The van der Waals surface area contributed by atoms with Gasteiger partial charge in [-0.2, -0.15) is 0 Å². The number of carbonyl (C=O) groups excluding carboxylic acids is 2. The number of ether oxygens (including phenoxy) is 2. The van der Waals surface area contributed by atoms with Crippen LogP contribution in [0.3, 0.4) is 0 Å². The minimum Gasteiger partial charge on any atom is -0.462 e. The van der Waals surface area contributed by atoms with Crippen LogP contribution < -0.4 is 0 Å². The van der Waals surface area contributed by atoms with Crippen molar-refractivity contribution in [2.45, 2.75) is 213 Å². The number of esters is 2. The normalized spacial score (nSPS) is 12.9. The number of unbranched alkanes of at least 4 members (excludes halogenated alkanes) is 20. The van der Waals surface area contributed by atoms with Crippen LogP contribution in [0.15, 0.2) is 72.9 Å². The van der Waals surface area contributed by atoms with Crippen molar-refractivity contribution in [3.63, 3.8) is 0 Å². The Bertz CT molecular complexity index is 988. The van der Waals surface area contributed by atoms with Gasteiger partial charge in [-0.25, -0.2) is 0 Å². The second-order valence-electron chi connectivity index (χ2n) is 14.8. The highest BCUT2D eigenvalue weighted by atomic mass is 16.6. The third kappa shape index (κ3) is 42.1. The molecule has 0 fully saturated rings. The fraction of sp³-hybridized carbons (Fsp3) is 0.714. The molecular weight excluding hydrogens is 669 g/mol. The van der Waals surface area contributed by atoms with Gasteiger partial charge in [0.25, 0.3) is 0 Å². The van der Waals surface area contributed by atoms with Crippen molar-refractivity contribution >= 4 is 11.9 Å². The van der Waals surface area contributed by atoms with Crippen molar-refractivity contribution in [1.29, 1.82) is 0 Å². The molecule has 0 saturated heterocycles. The van der Waals surface area contributed by atoms with Crippen molar-refractivity contribution in [2.75, 3.05) is 13.2 Å². The summed E-state index contributed by atoms with van der Waals surface area (Å²) in [5.74, 6) is -0.686. The highest BCUT2D eigenvalue weighted by molar-refractivity contribution is 5.70. The SMILES string of the molecule is CCC=CCC=CCC=CCC=CCC=CCC=CCCC(=O)O[C@@H](CO)COC(=O)CCCCCCCCCCCCCCCCCCCCCCC. The van der Waals surface area contributed by atoms with Gasteiger partial charge in [-0.3, -0.25) is 9.59 Å². The summed E-state index contributed by atoms with van der Waals surface area (Å²) in [6, 6.07) is 0. The van der Waals surface area contributed by atoms with Crippen molar-refractivity contribution in [3.05, 3.63) is 72.9 Å². The van der Waals surface area contributed by atoms with Crippen LogP contribution in [0.2, 0.25) is 0 Å². The Morgan fingerprint density at radius 1 is 0.444 bits per heavy atom. The number of hydrogen-bond acceptors (Lipinski definition) is 5. The van der Waals surface area contributed by atoms with Crippen molar-refractivity contribution in [1.82, 2.24) is 0 Å². The van der Waals surface area contributed by atoms with Crippen LogP contribution in [0, 0.1) is 0 Å². The van der Waals surface area contributed by atoms with Crippen molar-refractivity contribution in [2.24, 2.45) is 0 Å². The van der Waals surface area contributed by atoms with E-state index in [-0.39, 0.29) is 25.6 Å². The monoisotopic (exact) mass is 753 g/mol. The lowest BCUT2D eigenvalue weighted by atomic mass is 10.0. The maximum atomic E-state index is 12.2. The molecular formula is C49H84O5. The number of rotatable bonds is 40. The van der Waals surface area contributed by atoms with E-state index in [0.717, 1.165) is 57.8 Å². The van der Waals surface area contributed by atoms with Gasteiger partial charge in [0.05, 0.1) is 6.61 Å². The van der Waals surface area contributed by atoms with Crippen LogP contribution in [-0.4, -0.2) is 36.4 Å². The van der Waals surface area contributed by atoms with Gasteiger partial charge >= 0.3 is 11.9 Å². The Morgan fingerprint density at radius 2 is 0.796 bits per heavy atom. The maximum Gasteiger partial charge on any atom is 0.306 e. The van der Waals surface area contributed by atoms with E-state index >= 15 is 0 Å². The van der Waals surface area contributed by atoms with Gasteiger partial charge in [-0.15, -0.1) is 0 Å². The summed E-state index contributed by atoms with van der Waals surface area (Å²) < 4.78 is 10.6. The van der Waals surface area contributed by atoms with Gasteiger partial charge in [0, 0.05) is 12.8 Å². The first-order valence-corrected chi connectivity index (χ1v) is 22.5. The second-order valence-corrected chi connectivity index (χ2v) is 14.8. The average Bonchev–Trinajstić information content (AvgIpc) is 3.17. The maximum absolute atomic E-state index is 12.2. The third-order valence-electron chi connectivity index (χ3n) is 9.53. The fourth-order valence-electron chi connectivity index (χ4n) is 6.17. The molecule has 0 heterocycles. The van der Waals surface area contributed by atoms with Crippen LogP contribution in [0.1, 0.15) is 206 Å². The van der Waals surface area contributed by atoms with Crippen LogP contribution in [0.4, 0.5) is 0 Å². The van der Waals surface area contributed by atoms with Crippen molar-refractivity contribution < 1.29 is 24.2 Å². The molecule has 0 saturated carbocycles. The van der Waals surface area contributed by atoms with Crippen LogP contribution >= 0.6 is 0 Å². The molecule has 54 heavy (non-hydrogen) atoms. The third-order valence-corrected chi connectivity index (χ3v) is 9.53. The molecule has 0 bridgehead atoms. The summed E-state index contributed by atoms with van der Waals surface area (Å²) in [6.45, 7) is 3.97. The van der Waals surface area contributed by atoms with E-state index in [2.05, 4.69) is 74.6 Å². The molecule has 0 amide bonds. The van der Waals surface area contributed by atoms with Gasteiger partial charge in [-0.1, -0.05) is 215 Å². The highest BCUT2D eigenvalue weighted by Gasteiger charge is 2.15. The first kappa shape index (κ1) is 51.3. The van der Waals surface area contributed by atoms with E-state index in [9.17, 15) is 14.7 Å². The molecule has 5 nitrogen and oxygen atoms in total. The second kappa shape index (κ2) is 44.7. The molecule has 0 aromatic heterocycles. The summed E-state index contributed by atoms with van der Waals surface area (Å²) in [4.78, 5) is 24.3. The van der Waals surface area contributed by atoms with E-state index in [1.54, 1.807) is 0 Å². The molecule has 0 rings (SSSR count). The van der Waals surface area contributed by atoms with Crippen LogP contribution in [-0.2, 0) is 19.1 Å². The summed E-state index contributed by atoms with van der Waals surface area (Å²) in [7, 11) is 0. The minimum atomic E-state index is -0.813. The van der Waals surface area contributed by atoms with Gasteiger partial charge in [0.15, 0.2) is 6.10 Å². The Hall–Kier alpha value is -2.66.